The zero-order chi connectivity index (χ0) is 27.1. The highest BCUT2D eigenvalue weighted by atomic mass is 16.6. The van der Waals surface area contributed by atoms with Crippen molar-refractivity contribution in [1.29, 1.82) is 0 Å². The van der Waals surface area contributed by atoms with Crippen LogP contribution in [-0.2, 0) is 38.6 Å². The molecule has 38 heavy (non-hydrogen) atoms. The minimum absolute atomic E-state index is 0.0576. The maximum absolute atomic E-state index is 12.6. The molecule has 9 nitrogen and oxygen atoms in total. The number of hydrogen-bond acceptors (Lipinski definition) is 6. The molecule has 0 bridgehead atoms. The molecular weight excluding hydrogens is 486 g/mol. The first kappa shape index (κ1) is 27.6. The van der Waals surface area contributed by atoms with Crippen LogP contribution in [0.1, 0.15) is 49.8 Å². The molecule has 0 aliphatic carbocycles. The van der Waals surface area contributed by atoms with E-state index in [2.05, 4.69) is 24.1 Å². The van der Waals surface area contributed by atoms with E-state index < -0.39 is 5.97 Å². The second-order valence-electron chi connectivity index (χ2n) is 10.6. The number of carboxylic acid groups (broad SMARTS) is 1. The van der Waals surface area contributed by atoms with E-state index in [1.165, 1.54) is 5.56 Å². The third-order valence-electron chi connectivity index (χ3n) is 7.28. The Balaban J connectivity index is 1.20. The molecule has 0 spiro atoms. The second kappa shape index (κ2) is 12.4. The smallest absolute Gasteiger partial charge is 0.410 e. The number of carboxylic acids is 1. The summed E-state index contributed by atoms with van der Waals surface area (Å²) in [7, 11) is 0. The van der Waals surface area contributed by atoms with Gasteiger partial charge in [-0.25, -0.2) is 4.79 Å². The van der Waals surface area contributed by atoms with Crippen LogP contribution in [0.25, 0.3) is 0 Å². The number of nitrogens with one attached hydrogen (secondary N) is 1. The number of carbonyl (C=O) groups is 3. The summed E-state index contributed by atoms with van der Waals surface area (Å²) in [4.78, 5) is 39.8. The number of anilines is 1. The molecule has 0 radical (unpaired) electrons. The van der Waals surface area contributed by atoms with Crippen molar-refractivity contribution in [3.63, 3.8) is 0 Å². The predicted octanol–water partition coefficient (Wildman–Crippen LogP) is 4.05. The Morgan fingerprint density at radius 3 is 2.50 bits per heavy atom. The summed E-state index contributed by atoms with van der Waals surface area (Å²) < 4.78 is 11.2. The van der Waals surface area contributed by atoms with Gasteiger partial charge in [-0.2, -0.15) is 0 Å². The van der Waals surface area contributed by atoms with Crippen molar-refractivity contribution in [2.24, 2.45) is 0 Å². The third kappa shape index (κ3) is 7.55. The van der Waals surface area contributed by atoms with Gasteiger partial charge in [-0.15, -0.1) is 0 Å². The summed E-state index contributed by atoms with van der Waals surface area (Å²) in [5.74, 6) is -1.03. The summed E-state index contributed by atoms with van der Waals surface area (Å²) in [6.07, 6.45) is 1.79. The van der Waals surface area contributed by atoms with Crippen molar-refractivity contribution in [2.75, 3.05) is 31.6 Å². The standard InChI is InChI=1S/C29H37N3O6/c1-29(2)17-22-8-9-24(16-23(22)18-32(29)15-12-27(34)35)30-26(33)20-37-25-10-13-31(14-11-25)28(36)38-19-21-6-4-3-5-7-21/h3-9,16,25H,10-15,17-20H2,1-2H3,(H,30,33)(H,34,35). The summed E-state index contributed by atoms with van der Waals surface area (Å²) in [6, 6.07) is 15.5. The zero-order valence-corrected chi connectivity index (χ0v) is 22.2. The average Bonchev–Trinajstić information content (AvgIpc) is 2.90. The number of ether oxygens (including phenoxy) is 2. The Hall–Kier alpha value is -3.43. The highest BCUT2D eigenvalue weighted by Crippen LogP contribution is 2.32. The lowest BCUT2D eigenvalue weighted by molar-refractivity contribution is -0.137. The molecule has 2 aromatic rings. The van der Waals surface area contributed by atoms with Gasteiger partial charge in [-0.1, -0.05) is 36.4 Å². The van der Waals surface area contributed by atoms with E-state index in [0.29, 0.717) is 44.7 Å². The molecule has 0 atom stereocenters. The zero-order valence-electron chi connectivity index (χ0n) is 22.2. The van der Waals surface area contributed by atoms with Crippen LogP contribution in [0.5, 0.6) is 0 Å². The van der Waals surface area contributed by atoms with Crippen LogP contribution >= 0.6 is 0 Å². The number of benzene rings is 2. The van der Waals surface area contributed by atoms with Crippen LogP contribution in [0.3, 0.4) is 0 Å². The molecule has 0 unspecified atom stereocenters. The van der Waals surface area contributed by atoms with Crippen LogP contribution in [-0.4, -0.2) is 70.8 Å². The van der Waals surface area contributed by atoms with Gasteiger partial charge in [-0.05, 0) is 61.9 Å². The van der Waals surface area contributed by atoms with Crippen molar-refractivity contribution >= 4 is 23.7 Å². The van der Waals surface area contributed by atoms with Crippen molar-refractivity contribution < 1.29 is 29.0 Å². The van der Waals surface area contributed by atoms with Crippen LogP contribution in [0, 0.1) is 0 Å². The second-order valence-corrected chi connectivity index (χ2v) is 10.6. The first-order chi connectivity index (χ1) is 18.2. The lowest BCUT2D eigenvalue weighted by Gasteiger charge is -2.43. The van der Waals surface area contributed by atoms with Gasteiger partial charge < -0.3 is 24.8 Å². The van der Waals surface area contributed by atoms with Gasteiger partial charge in [0.15, 0.2) is 0 Å². The maximum atomic E-state index is 12.6. The largest absolute Gasteiger partial charge is 0.481 e. The molecule has 204 valence electrons. The lowest BCUT2D eigenvalue weighted by Crippen LogP contribution is -2.49. The highest BCUT2D eigenvalue weighted by Gasteiger charge is 2.33. The van der Waals surface area contributed by atoms with E-state index in [1.807, 2.05) is 48.5 Å². The monoisotopic (exact) mass is 523 g/mol. The molecule has 2 aromatic carbocycles. The number of amides is 2. The number of fused-ring (bicyclic) bond motifs is 1. The molecular formula is C29H37N3O6. The molecule has 2 aliphatic heterocycles. The normalized spacial score (nSPS) is 17.5. The quantitative estimate of drug-likeness (QED) is 0.510. The molecule has 1 saturated heterocycles. The molecule has 1 fully saturated rings. The lowest BCUT2D eigenvalue weighted by atomic mass is 9.85. The SMILES string of the molecule is CC1(C)Cc2ccc(NC(=O)COC3CCN(C(=O)OCc4ccccc4)CC3)cc2CN1CCC(=O)O. The van der Waals surface area contributed by atoms with Gasteiger partial charge in [-0.3, -0.25) is 14.5 Å². The molecule has 4 rings (SSSR count). The molecule has 9 heteroatoms. The van der Waals surface area contributed by atoms with E-state index in [9.17, 15) is 14.4 Å². The van der Waals surface area contributed by atoms with Gasteiger partial charge in [0.1, 0.15) is 13.2 Å². The predicted molar refractivity (Wildman–Crippen MR) is 143 cm³/mol. The average molecular weight is 524 g/mol. The number of rotatable bonds is 9. The first-order valence-electron chi connectivity index (χ1n) is 13.2. The van der Waals surface area contributed by atoms with Gasteiger partial charge in [0.05, 0.1) is 12.5 Å². The number of aliphatic carboxylic acids is 1. The van der Waals surface area contributed by atoms with Crippen LogP contribution in [0.2, 0.25) is 0 Å². The summed E-state index contributed by atoms with van der Waals surface area (Å²) in [5.41, 5.74) is 3.83. The van der Waals surface area contributed by atoms with Crippen LogP contribution in [0.15, 0.2) is 48.5 Å². The van der Waals surface area contributed by atoms with Crippen molar-refractivity contribution in [3.8, 4) is 0 Å². The minimum Gasteiger partial charge on any atom is -0.481 e. The van der Waals surface area contributed by atoms with Crippen molar-refractivity contribution in [2.45, 2.75) is 64.3 Å². The van der Waals surface area contributed by atoms with Crippen LogP contribution < -0.4 is 5.32 Å². The maximum Gasteiger partial charge on any atom is 0.410 e. The molecule has 2 aliphatic rings. The molecule has 0 saturated carbocycles. The summed E-state index contributed by atoms with van der Waals surface area (Å²) >= 11 is 0. The Morgan fingerprint density at radius 2 is 1.79 bits per heavy atom. The van der Waals surface area contributed by atoms with Crippen molar-refractivity contribution in [3.05, 3.63) is 65.2 Å². The fourth-order valence-corrected chi connectivity index (χ4v) is 5.04. The first-order valence-corrected chi connectivity index (χ1v) is 13.2. The van der Waals surface area contributed by atoms with Crippen molar-refractivity contribution in [1.82, 2.24) is 9.80 Å². The number of likely N-dealkylation sites (tertiary alicyclic amines) is 1. The van der Waals surface area contributed by atoms with Gasteiger partial charge in [0, 0.05) is 37.4 Å². The fraction of sp³-hybridized carbons (Fsp3) is 0.483. The number of carbonyl (C=O) groups excluding carboxylic acids is 2. The number of nitrogens with zero attached hydrogens (tertiary/aromatic N) is 2. The summed E-state index contributed by atoms with van der Waals surface area (Å²) in [5, 5.41) is 12.0. The Morgan fingerprint density at radius 1 is 1.05 bits per heavy atom. The fourth-order valence-electron chi connectivity index (χ4n) is 5.04. The minimum atomic E-state index is -0.804. The highest BCUT2D eigenvalue weighted by molar-refractivity contribution is 5.91. The van der Waals surface area contributed by atoms with E-state index in [-0.39, 0.29) is 43.3 Å². The number of piperidine rings is 1. The van der Waals surface area contributed by atoms with Crippen LogP contribution in [0.4, 0.5) is 10.5 Å². The van der Waals surface area contributed by atoms with Gasteiger partial charge in [0.25, 0.3) is 0 Å². The Bertz CT molecular complexity index is 1130. The summed E-state index contributed by atoms with van der Waals surface area (Å²) in [6.45, 7) is 6.62. The molecule has 2 amide bonds. The van der Waals surface area contributed by atoms with E-state index in [0.717, 1.165) is 17.5 Å². The molecule has 2 heterocycles. The Labute approximate surface area is 223 Å². The molecule has 2 N–H and O–H groups in total. The molecule has 0 aromatic heterocycles. The van der Waals surface area contributed by atoms with Gasteiger partial charge in [0.2, 0.25) is 5.91 Å². The van der Waals surface area contributed by atoms with E-state index in [1.54, 1.807) is 4.90 Å². The van der Waals surface area contributed by atoms with E-state index >= 15 is 0 Å². The topological polar surface area (TPSA) is 108 Å². The Kier molecular flexibility index (Phi) is 9.01. The van der Waals surface area contributed by atoms with E-state index in [4.69, 9.17) is 14.6 Å². The number of hydrogen-bond donors (Lipinski definition) is 2. The van der Waals surface area contributed by atoms with Gasteiger partial charge >= 0.3 is 12.1 Å². The third-order valence-corrected chi connectivity index (χ3v) is 7.28.